The standard InChI is InChI=1S/C16H21ClN2O/c1-18-12-15-4-2-3-11-19(15)16(20)10-7-13-5-8-14(17)9-6-13/h5-10,15,18H,2-4,11-12H2,1H3. The first-order valence-corrected chi connectivity index (χ1v) is 7.47. The smallest absolute Gasteiger partial charge is 0.246 e. The van der Waals surface area contributed by atoms with Gasteiger partial charge in [0.2, 0.25) is 5.91 Å². The summed E-state index contributed by atoms with van der Waals surface area (Å²) in [6.45, 7) is 1.72. The van der Waals surface area contributed by atoms with E-state index in [1.165, 1.54) is 6.42 Å². The zero-order valence-electron chi connectivity index (χ0n) is 11.8. The first-order chi connectivity index (χ1) is 9.70. The van der Waals surface area contributed by atoms with Gasteiger partial charge in [-0.25, -0.2) is 0 Å². The van der Waals surface area contributed by atoms with Gasteiger partial charge in [-0.3, -0.25) is 4.79 Å². The normalized spacial score (nSPS) is 19.5. The third kappa shape index (κ3) is 4.09. The molecule has 1 heterocycles. The molecule has 1 aliphatic heterocycles. The number of carbonyl (C=O) groups is 1. The molecule has 4 heteroatoms. The largest absolute Gasteiger partial charge is 0.335 e. The van der Waals surface area contributed by atoms with Crippen molar-refractivity contribution >= 4 is 23.6 Å². The Kier molecular flexibility index (Phi) is 5.62. The summed E-state index contributed by atoms with van der Waals surface area (Å²) in [4.78, 5) is 14.3. The van der Waals surface area contributed by atoms with Crippen molar-refractivity contribution in [3.63, 3.8) is 0 Å². The molecule has 0 spiro atoms. The zero-order chi connectivity index (χ0) is 14.4. The van der Waals surface area contributed by atoms with Crippen molar-refractivity contribution in [1.29, 1.82) is 0 Å². The molecular formula is C16H21ClN2O. The van der Waals surface area contributed by atoms with Crippen LogP contribution in [0.25, 0.3) is 6.08 Å². The molecule has 108 valence electrons. The van der Waals surface area contributed by atoms with Gasteiger partial charge in [0.15, 0.2) is 0 Å². The first kappa shape index (κ1) is 15.1. The van der Waals surface area contributed by atoms with Gasteiger partial charge in [-0.05, 0) is 50.1 Å². The van der Waals surface area contributed by atoms with Crippen LogP contribution in [-0.4, -0.2) is 37.0 Å². The summed E-state index contributed by atoms with van der Waals surface area (Å²) in [5.41, 5.74) is 0.991. The second kappa shape index (κ2) is 7.46. The van der Waals surface area contributed by atoms with Crippen LogP contribution in [0.1, 0.15) is 24.8 Å². The van der Waals surface area contributed by atoms with Crippen LogP contribution in [0.3, 0.4) is 0 Å². The third-order valence-corrected chi connectivity index (χ3v) is 3.89. The molecule has 0 aliphatic carbocycles. The Hall–Kier alpha value is -1.32. The maximum atomic E-state index is 12.3. The van der Waals surface area contributed by atoms with Gasteiger partial charge in [-0.15, -0.1) is 0 Å². The Morgan fingerprint density at radius 3 is 2.85 bits per heavy atom. The molecule has 2 rings (SSSR count). The summed E-state index contributed by atoms with van der Waals surface area (Å²) >= 11 is 5.84. The van der Waals surface area contributed by atoms with Gasteiger partial charge >= 0.3 is 0 Å². The van der Waals surface area contributed by atoms with Gasteiger partial charge in [-0.2, -0.15) is 0 Å². The summed E-state index contributed by atoms with van der Waals surface area (Å²) in [6.07, 6.45) is 6.90. The highest BCUT2D eigenvalue weighted by Crippen LogP contribution is 2.17. The van der Waals surface area contributed by atoms with E-state index in [9.17, 15) is 4.79 Å². The predicted molar refractivity (Wildman–Crippen MR) is 83.8 cm³/mol. The predicted octanol–water partition coefficient (Wildman–Crippen LogP) is 2.95. The molecule has 1 aliphatic rings. The van der Waals surface area contributed by atoms with Crippen molar-refractivity contribution in [3.8, 4) is 0 Å². The van der Waals surface area contributed by atoms with Crippen LogP contribution in [0, 0.1) is 0 Å². The number of amides is 1. The topological polar surface area (TPSA) is 32.3 Å². The highest BCUT2D eigenvalue weighted by Gasteiger charge is 2.24. The Morgan fingerprint density at radius 1 is 1.40 bits per heavy atom. The molecule has 1 amide bonds. The van der Waals surface area contributed by atoms with Gasteiger partial charge in [0.25, 0.3) is 0 Å². The van der Waals surface area contributed by atoms with Crippen LogP contribution in [-0.2, 0) is 4.79 Å². The number of carbonyl (C=O) groups excluding carboxylic acids is 1. The lowest BCUT2D eigenvalue weighted by molar-refractivity contribution is -0.129. The molecule has 1 aromatic rings. The van der Waals surface area contributed by atoms with E-state index in [-0.39, 0.29) is 5.91 Å². The number of nitrogens with zero attached hydrogens (tertiary/aromatic N) is 1. The number of benzene rings is 1. The first-order valence-electron chi connectivity index (χ1n) is 7.09. The monoisotopic (exact) mass is 292 g/mol. The van der Waals surface area contributed by atoms with Crippen LogP contribution in [0.15, 0.2) is 30.3 Å². The van der Waals surface area contributed by atoms with Gasteiger partial charge in [0.05, 0.1) is 0 Å². The Balaban J connectivity index is 2.00. The highest BCUT2D eigenvalue weighted by atomic mass is 35.5. The van der Waals surface area contributed by atoms with Gasteiger partial charge < -0.3 is 10.2 Å². The number of likely N-dealkylation sites (tertiary alicyclic amines) is 1. The summed E-state index contributed by atoms with van der Waals surface area (Å²) in [5, 5.41) is 3.88. The molecule has 1 saturated heterocycles. The van der Waals surface area contributed by atoms with Crippen LogP contribution >= 0.6 is 11.6 Å². The van der Waals surface area contributed by atoms with Gasteiger partial charge in [-0.1, -0.05) is 23.7 Å². The maximum Gasteiger partial charge on any atom is 0.246 e. The van der Waals surface area contributed by atoms with E-state index in [1.54, 1.807) is 6.08 Å². The number of halogens is 1. The number of hydrogen-bond acceptors (Lipinski definition) is 2. The molecule has 1 unspecified atom stereocenters. The molecular weight excluding hydrogens is 272 g/mol. The zero-order valence-corrected chi connectivity index (χ0v) is 12.6. The van der Waals surface area contributed by atoms with Crippen molar-refractivity contribution in [2.75, 3.05) is 20.1 Å². The van der Waals surface area contributed by atoms with E-state index >= 15 is 0 Å². The van der Waals surface area contributed by atoms with E-state index in [4.69, 9.17) is 11.6 Å². The number of likely N-dealkylation sites (N-methyl/N-ethyl adjacent to an activating group) is 1. The minimum Gasteiger partial charge on any atom is -0.335 e. The Morgan fingerprint density at radius 2 is 2.15 bits per heavy atom. The van der Waals surface area contributed by atoms with Crippen molar-refractivity contribution in [3.05, 3.63) is 40.9 Å². The van der Waals surface area contributed by atoms with Crippen LogP contribution < -0.4 is 5.32 Å². The molecule has 0 radical (unpaired) electrons. The molecule has 1 aromatic carbocycles. The van der Waals surface area contributed by atoms with Crippen molar-refractivity contribution < 1.29 is 4.79 Å². The molecule has 0 saturated carbocycles. The minimum absolute atomic E-state index is 0.0971. The Bertz CT molecular complexity index is 468. The fraction of sp³-hybridized carbons (Fsp3) is 0.438. The Labute approximate surface area is 125 Å². The molecule has 0 aromatic heterocycles. The molecule has 1 N–H and O–H groups in total. The quantitative estimate of drug-likeness (QED) is 0.866. The molecule has 3 nitrogen and oxygen atoms in total. The van der Waals surface area contributed by atoms with E-state index in [0.29, 0.717) is 11.1 Å². The second-order valence-electron chi connectivity index (χ2n) is 5.12. The minimum atomic E-state index is 0.0971. The number of piperidine rings is 1. The van der Waals surface area contributed by atoms with Crippen LogP contribution in [0.5, 0.6) is 0 Å². The SMILES string of the molecule is CNCC1CCCCN1C(=O)C=Cc1ccc(Cl)cc1. The van der Waals surface area contributed by atoms with E-state index in [0.717, 1.165) is 31.5 Å². The molecule has 1 fully saturated rings. The summed E-state index contributed by atoms with van der Waals surface area (Å²) in [6, 6.07) is 7.80. The average Bonchev–Trinajstić information content (AvgIpc) is 2.47. The number of nitrogens with one attached hydrogen (secondary N) is 1. The summed E-state index contributed by atoms with van der Waals surface area (Å²) < 4.78 is 0. The fourth-order valence-electron chi connectivity index (χ4n) is 2.58. The van der Waals surface area contributed by atoms with Crippen molar-refractivity contribution in [2.45, 2.75) is 25.3 Å². The van der Waals surface area contributed by atoms with Crippen molar-refractivity contribution in [2.24, 2.45) is 0 Å². The average molecular weight is 293 g/mol. The molecule has 1 atom stereocenters. The van der Waals surface area contributed by atoms with Crippen LogP contribution in [0.2, 0.25) is 5.02 Å². The van der Waals surface area contributed by atoms with E-state index in [2.05, 4.69) is 5.32 Å². The van der Waals surface area contributed by atoms with Crippen LogP contribution in [0.4, 0.5) is 0 Å². The van der Waals surface area contributed by atoms with Gasteiger partial charge in [0.1, 0.15) is 0 Å². The van der Waals surface area contributed by atoms with Crippen molar-refractivity contribution in [1.82, 2.24) is 10.2 Å². The third-order valence-electron chi connectivity index (χ3n) is 3.64. The fourth-order valence-corrected chi connectivity index (χ4v) is 2.70. The number of hydrogen-bond donors (Lipinski definition) is 1. The van der Waals surface area contributed by atoms with Gasteiger partial charge in [0, 0.05) is 30.2 Å². The van der Waals surface area contributed by atoms with E-state index < -0.39 is 0 Å². The molecule has 0 bridgehead atoms. The lowest BCUT2D eigenvalue weighted by atomic mass is 10.0. The number of rotatable bonds is 4. The summed E-state index contributed by atoms with van der Waals surface area (Å²) in [7, 11) is 1.93. The second-order valence-corrected chi connectivity index (χ2v) is 5.56. The lowest BCUT2D eigenvalue weighted by Gasteiger charge is -2.35. The highest BCUT2D eigenvalue weighted by molar-refractivity contribution is 6.30. The maximum absolute atomic E-state index is 12.3. The summed E-state index contributed by atoms with van der Waals surface area (Å²) in [5.74, 6) is 0.0971. The molecule has 20 heavy (non-hydrogen) atoms. The lowest BCUT2D eigenvalue weighted by Crippen LogP contribution is -2.47. The van der Waals surface area contributed by atoms with E-state index in [1.807, 2.05) is 42.3 Å².